The van der Waals surface area contributed by atoms with Gasteiger partial charge in [-0.2, -0.15) is 5.10 Å². The number of fused-ring (bicyclic) bond motifs is 2. The van der Waals surface area contributed by atoms with Gasteiger partial charge < -0.3 is 10.1 Å². The molecule has 0 spiro atoms. The number of anilines is 1. The molecule has 1 aromatic carbocycles. The minimum absolute atomic E-state index is 0.163. The van der Waals surface area contributed by atoms with Crippen molar-refractivity contribution < 1.29 is 9.53 Å². The average Bonchev–Trinajstić information content (AvgIpc) is 3.20. The summed E-state index contributed by atoms with van der Waals surface area (Å²) in [6.45, 7) is -0.163. The monoisotopic (exact) mass is 370 g/mol. The molecule has 1 amide bonds. The van der Waals surface area contributed by atoms with Gasteiger partial charge in [-0.05, 0) is 12.1 Å². The molecule has 26 heavy (non-hydrogen) atoms. The molecule has 0 aliphatic rings. The molecule has 0 saturated heterocycles. The molecule has 0 radical (unpaired) electrons. The minimum Gasteiger partial charge on any atom is -0.494 e. The minimum atomic E-state index is -0.366. The van der Waals surface area contributed by atoms with Crippen LogP contribution < -0.4 is 15.6 Å². The highest BCUT2D eigenvalue weighted by Crippen LogP contribution is 2.31. The Morgan fingerprint density at radius 1 is 1.38 bits per heavy atom. The van der Waals surface area contributed by atoms with Crippen LogP contribution in [0.1, 0.15) is 0 Å². The van der Waals surface area contributed by atoms with E-state index >= 15 is 0 Å². The van der Waals surface area contributed by atoms with E-state index in [1.165, 1.54) is 33.1 Å². The van der Waals surface area contributed by atoms with E-state index in [2.05, 4.69) is 20.4 Å². The molecule has 1 N–H and O–H groups in total. The Kier molecular flexibility index (Phi) is 3.88. The Morgan fingerprint density at radius 2 is 2.23 bits per heavy atom. The summed E-state index contributed by atoms with van der Waals surface area (Å²) in [5, 5.41) is 7.53. The Morgan fingerprint density at radius 3 is 3.04 bits per heavy atom. The SMILES string of the molecule is COc1cccc2sc(NC(=O)Cn3cnc4c(cnn4C)c3=O)nc12. The lowest BCUT2D eigenvalue weighted by atomic mass is 10.3. The van der Waals surface area contributed by atoms with Crippen molar-refractivity contribution in [3.05, 3.63) is 41.1 Å². The van der Waals surface area contributed by atoms with Crippen molar-refractivity contribution in [1.29, 1.82) is 0 Å². The number of nitrogens with one attached hydrogen (secondary N) is 1. The van der Waals surface area contributed by atoms with Gasteiger partial charge in [0.05, 0.1) is 18.0 Å². The first-order valence-corrected chi connectivity index (χ1v) is 8.49. The molecule has 3 aromatic heterocycles. The summed E-state index contributed by atoms with van der Waals surface area (Å²) < 4.78 is 8.92. The molecular formula is C16H14N6O3S. The number of nitrogens with zero attached hydrogens (tertiary/aromatic N) is 5. The number of para-hydroxylation sites is 1. The van der Waals surface area contributed by atoms with Gasteiger partial charge in [0.15, 0.2) is 10.8 Å². The first-order valence-electron chi connectivity index (χ1n) is 7.67. The van der Waals surface area contributed by atoms with E-state index in [4.69, 9.17) is 4.74 Å². The number of hydrogen-bond donors (Lipinski definition) is 1. The van der Waals surface area contributed by atoms with E-state index in [0.717, 1.165) is 4.70 Å². The zero-order chi connectivity index (χ0) is 18.3. The second-order valence-corrected chi connectivity index (χ2v) is 6.59. The number of ether oxygens (including phenoxy) is 1. The molecule has 3 heterocycles. The molecule has 4 aromatic rings. The smallest absolute Gasteiger partial charge is 0.264 e. The summed E-state index contributed by atoms with van der Waals surface area (Å²) in [6, 6.07) is 5.57. The van der Waals surface area contributed by atoms with Crippen molar-refractivity contribution in [3.63, 3.8) is 0 Å². The van der Waals surface area contributed by atoms with Gasteiger partial charge >= 0.3 is 0 Å². The highest BCUT2D eigenvalue weighted by Gasteiger charge is 2.13. The van der Waals surface area contributed by atoms with Crippen molar-refractivity contribution in [2.24, 2.45) is 7.05 Å². The number of methoxy groups -OCH3 is 1. The summed E-state index contributed by atoms with van der Waals surface area (Å²) >= 11 is 1.34. The van der Waals surface area contributed by atoms with Gasteiger partial charge in [-0.1, -0.05) is 17.4 Å². The molecule has 0 aliphatic carbocycles. The van der Waals surface area contributed by atoms with Crippen molar-refractivity contribution in [1.82, 2.24) is 24.3 Å². The van der Waals surface area contributed by atoms with Crippen LogP contribution in [-0.4, -0.2) is 37.3 Å². The molecule has 0 bridgehead atoms. The Hall–Kier alpha value is -3.27. The lowest BCUT2D eigenvalue weighted by Gasteiger charge is -2.05. The molecule has 0 saturated carbocycles. The zero-order valence-corrected chi connectivity index (χ0v) is 14.8. The van der Waals surface area contributed by atoms with Gasteiger partial charge in [-0.15, -0.1) is 0 Å². The molecule has 0 aliphatic heterocycles. The Balaban J connectivity index is 1.58. The number of benzene rings is 1. The van der Waals surface area contributed by atoms with E-state index in [9.17, 15) is 9.59 Å². The molecule has 4 rings (SSSR count). The topological polar surface area (TPSA) is 104 Å². The van der Waals surface area contributed by atoms with Crippen LogP contribution in [-0.2, 0) is 18.4 Å². The Bertz CT molecular complexity index is 1190. The van der Waals surface area contributed by atoms with Crippen molar-refractivity contribution in [2.75, 3.05) is 12.4 Å². The molecule has 9 nitrogen and oxygen atoms in total. The van der Waals surface area contributed by atoms with Gasteiger partial charge in [-0.25, -0.2) is 9.97 Å². The van der Waals surface area contributed by atoms with E-state index in [1.807, 2.05) is 18.2 Å². The maximum Gasteiger partial charge on any atom is 0.264 e. The number of hydrogen-bond acceptors (Lipinski definition) is 7. The number of carbonyl (C=O) groups is 1. The third-order valence-electron chi connectivity index (χ3n) is 3.88. The third kappa shape index (κ3) is 2.69. The largest absolute Gasteiger partial charge is 0.494 e. The first-order chi connectivity index (χ1) is 12.6. The number of amides is 1. The van der Waals surface area contributed by atoms with Gasteiger partial charge in [0.2, 0.25) is 5.91 Å². The summed E-state index contributed by atoms with van der Waals surface area (Å²) in [6.07, 6.45) is 2.78. The standard InChI is InChI=1S/C16H14N6O3S/c1-21-14-9(6-18-21)15(24)22(8-17-14)7-12(23)19-16-20-13-10(25-2)4-3-5-11(13)26-16/h3-6,8H,7H2,1-2H3,(H,19,20,23). The van der Waals surface area contributed by atoms with E-state index in [-0.39, 0.29) is 18.0 Å². The first kappa shape index (κ1) is 16.2. The maximum absolute atomic E-state index is 12.4. The Labute approximate surface area is 150 Å². The van der Waals surface area contributed by atoms with E-state index < -0.39 is 0 Å². The fourth-order valence-corrected chi connectivity index (χ4v) is 3.53. The van der Waals surface area contributed by atoms with Crippen LogP contribution >= 0.6 is 11.3 Å². The average molecular weight is 370 g/mol. The number of rotatable bonds is 4. The van der Waals surface area contributed by atoms with Crippen LogP contribution in [0.25, 0.3) is 21.3 Å². The van der Waals surface area contributed by atoms with Crippen LogP contribution in [0.2, 0.25) is 0 Å². The van der Waals surface area contributed by atoms with E-state index in [1.54, 1.807) is 14.2 Å². The van der Waals surface area contributed by atoms with Crippen LogP contribution in [0.5, 0.6) is 5.75 Å². The summed E-state index contributed by atoms with van der Waals surface area (Å²) in [7, 11) is 3.27. The zero-order valence-electron chi connectivity index (χ0n) is 14.0. The predicted octanol–water partition coefficient (Wildman–Crippen LogP) is 1.39. The van der Waals surface area contributed by atoms with Crippen molar-refractivity contribution in [2.45, 2.75) is 6.54 Å². The van der Waals surface area contributed by atoms with Gasteiger partial charge in [0.25, 0.3) is 5.56 Å². The molecule has 10 heteroatoms. The van der Waals surface area contributed by atoms with Crippen LogP contribution in [0.3, 0.4) is 0 Å². The van der Waals surface area contributed by atoms with Crippen molar-refractivity contribution >= 4 is 43.6 Å². The third-order valence-corrected chi connectivity index (χ3v) is 4.82. The summed E-state index contributed by atoms with van der Waals surface area (Å²) in [5.41, 5.74) is 0.847. The summed E-state index contributed by atoms with van der Waals surface area (Å²) in [5.74, 6) is 0.275. The molecular weight excluding hydrogens is 356 g/mol. The lowest BCUT2D eigenvalue weighted by molar-refractivity contribution is -0.116. The number of thiazole rings is 1. The van der Waals surface area contributed by atoms with Gasteiger partial charge in [-0.3, -0.25) is 18.8 Å². The highest BCUT2D eigenvalue weighted by molar-refractivity contribution is 7.22. The molecule has 0 fully saturated rings. The van der Waals surface area contributed by atoms with Crippen LogP contribution in [0, 0.1) is 0 Å². The van der Waals surface area contributed by atoms with Crippen molar-refractivity contribution in [3.8, 4) is 5.75 Å². The quantitative estimate of drug-likeness (QED) is 0.582. The fourth-order valence-electron chi connectivity index (χ4n) is 2.63. The predicted molar refractivity (Wildman–Crippen MR) is 97.6 cm³/mol. The van der Waals surface area contributed by atoms with E-state index in [0.29, 0.717) is 27.4 Å². The highest BCUT2D eigenvalue weighted by atomic mass is 32.1. The second kappa shape index (κ2) is 6.23. The normalized spacial score (nSPS) is 11.2. The second-order valence-electron chi connectivity index (χ2n) is 5.56. The van der Waals surface area contributed by atoms with Crippen LogP contribution in [0.4, 0.5) is 5.13 Å². The number of aryl methyl sites for hydroxylation is 1. The number of aromatic nitrogens is 5. The lowest BCUT2D eigenvalue weighted by Crippen LogP contribution is -2.27. The maximum atomic E-state index is 12.4. The molecule has 0 unspecified atom stereocenters. The van der Waals surface area contributed by atoms with Crippen LogP contribution in [0.15, 0.2) is 35.5 Å². The fraction of sp³-hybridized carbons (Fsp3) is 0.188. The number of carbonyl (C=O) groups excluding carboxylic acids is 1. The summed E-state index contributed by atoms with van der Waals surface area (Å²) in [4.78, 5) is 33.3. The van der Waals surface area contributed by atoms with Gasteiger partial charge in [0.1, 0.15) is 29.5 Å². The molecule has 132 valence electrons. The molecule has 0 atom stereocenters. The van der Waals surface area contributed by atoms with Gasteiger partial charge in [0, 0.05) is 7.05 Å².